The minimum atomic E-state index is -3.93. The highest BCUT2D eigenvalue weighted by Crippen LogP contribution is 2.28. The number of ether oxygens (including phenoxy) is 1. The van der Waals surface area contributed by atoms with Crippen molar-refractivity contribution >= 4 is 39.4 Å². The Morgan fingerprint density at radius 3 is 2.29 bits per heavy atom. The molecule has 0 aromatic heterocycles. The van der Waals surface area contributed by atoms with Crippen molar-refractivity contribution in [2.75, 3.05) is 11.5 Å². The molecule has 0 radical (unpaired) electrons. The summed E-state index contributed by atoms with van der Waals surface area (Å²) in [6.07, 6.45) is 1.11. The van der Waals surface area contributed by atoms with Gasteiger partial charge in [0.05, 0.1) is 23.6 Å². The number of hydrogen-bond donors (Lipinski definition) is 2. The molecule has 1 aliphatic rings. The molecule has 1 heterocycles. The zero-order chi connectivity index (χ0) is 25.8. The Morgan fingerprint density at radius 2 is 1.74 bits per heavy atom. The van der Waals surface area contributed by atoms with Crippen molar-refractivity contribution in [2.24, 2.45) is 5.14 Å². The van der Waals surface area contributed by atoms with Gasteiger partial charge in [0.15, 0.2) is 0 Å². The van der Waals surface area contributed by atoms with E-state index in [2.05, 4.69) is 0 Å². The molecule has 11 nitrogen and oxygen atoms in total. The Balaban J connectivity index is 1.90. The summed E-state index contributed by atoms with van der Waals surface area (Å²) in [5, 5.41) is 14.0. The van der Waals surface area contributed by atoms with Crippen LogP contribution in [0.15, 0.2) is 65.6 Å². The van der Waals surface area contributed by atoms with E-state index in [1.54, 1.807) is 24.3 Å². The van der Waals surface area contributed by atoms with Gasteiger partial charge < -0.3 is 14.7 Å². The quantitative estimate of drug-likeness (QED) is 0.380. The zero-order valence-electron chi connectivity index (χ0n) is 18.7. The molecule has 1 unspecified atom stereocenters. The Hall–Kier alpha value is -4.03. The van der Waals surface area contributed by atoms with Crippen molar-refractivity contribution in [3.05, 3.63) is 66.2 Å². The summed E-state index contributed by atoms with van der Waals surface area (Å²) in [5.74, 6) is -2.79. The molecule has 1 atom stereocenters. The van der Waals surface area contributed by atoms with Gasteiger partial charge >= 0.3 is 5.97 Å². The highest BCUT2D eigenvalue weighted by molar-refractivity contribution is 7.89. The summed E-state index contributed by atoms with van der Waals surface area (Å²) >= 11 is 0. The molecule has 0 spiro atoms. The number of nitrogens with zero attached hydrogens (tertiary/aromatic N) is 2. The highest BCUT2D eigenvalue weighted by Gasteiger charge is 2.44. The molecule has 1 aliphatic heterocycles. The third-order valence-corrected chi connectivity index (χ3v) is 6.09. The molecule has 2 aromatic carbocycles. The van der Waals surface area contributed by atoms with E-state index in [0.29, 0.717) is 29.7 Å². The molecule has 1 saturated heterocycles. The van der Waals surface area contributed by atoms with Gasteiger partial charge in [0, 0.05) is 18.7 Å². The molecule has 3 rings (SSSR count). The molecule has 2 aromatic rings. The molecule has 3 amide bonds. The molecule has 0 bridgehead atoms. The Morgan fingerprint density at radius 1 is 1.11 bits per heavy atom. The van der Waals surface area contributed by atoms with E-state index in [4.69, 9.17) is 15.0 Å². The minimum absolute atomic E-state index is 0.140. The van der Waals surface area contributed by atoms with Crippen LogP contribution in [0.4, 0.5) is 5.69 Å². The zero-order valence-corrected chi connectivity index (χ0v) is 19.5. The Labute approximate surface area is 201 Å². The monoisotopic (exact) mass is 501 g/mol. The summed E-state index contributed by atoms with van der Waals surface area (Å²) in [6.45, 7) is 2.08. The first-order valence-electron chi connectivity index (χ1n) is 10.4. The molecule has 0 saturated carbocycles. The largest absolute Gasteiger partial charge is 0.494 e. The first-order valence-corrected chi connectivity index (χ1v) is 12.0. The summed E-state index contributed by atoms with van der Waals surface area (Å²) in [4.78, 5) is 51.6. The number of benzene rings is 2. The number of hydrogen-bond acceptors (Lipinski definition) is 7. The van der Waals surface area contributed by atoms with Gasteiger partial charge in [-0.25, -0.2) is 23.3 Å². The van der Waals surface area contributed by atoms with Crippen LogP contribution >= 0.6 is 0 Å². The van der Waals surface area contributed by atoms with Gasteiger partial charge in [-0.2, -0.15) is 0 Å². The summed E-state index contributed by atoms with van der Waals surface area (Å²) in [7, 11) is -3.93. The van der Waals surface area contributed by atoms with Crippen molar-refractivity contribution in [3.8, 4) is 5.75 Å². The van der Waals surface area contributed by atoms with Crippen LogP contribution in [0.25, 0.3) is 0 Å². The van der Waals surface area contributed by atoms with Crippen LogP contribution in [0.3, 0.4) is 0 Å². The van der Waals surface area contributed by atoms with Crippen molar-refractivity contribution in [2.45, 2.75) is 30.8 Å². The molecule has 0 aliphatic carbocycles. The predicted octanol–water partition coefficient (Wildman–Crippen LogP) is 1.03. The summed E-state index contributed by atoms with van der Waals surface area (Å²) in [5.41, 5.74) is 0.742. The molecule has 12 heteroatoms. The second kappa shape index (κ2) is 10.5. The first-order chi connectivity index (χ1) is 16.5. The second-order valence-corrected chi connectivity index (χ2v) is 9.10. The number of carboxylic acid groups (broad SMARTS) is 1. The van der Waals surface area contributed by atoms with Gasteiger partial charge in [-0.1, -0.05) is 12.1 Å². The van der Waals surface area contributed by atoms with Crippen LogP contribution in [0, 0.1) is 0 Å². The number of aliphatic carboxylic acids is 1. The summed E-state index contributed by atoms with van der Waals surface area (Å²) < 4.78 is 28.4. The van der Waals surface area contributed by atoms with Crippen molar-refractivity contribution in [3.63, 3.8) is 0 Å². The minimum Gasteiger partial charge on any atom is -0.494 e. The first kappa shape index (κ1) is 25.6. The predicted molar refractivity (Wildman–Crippen MR) is 124 cm³/mol. The van der Waals surface area contributed by atoms with Gasteiger partial charge in [-0.05, 0) is 48.9 Å². The van der Waals surface area contributed by atoms with E-state index in [9.17, 15) is 27.6 Å². The van der Waals surface area contributed by atoms with Crippen LogP contribution in [-0.2, 0) is 35.7 Å². The molecule has 3 N–H and O–H groups in total. The normalized spacial score (nSPS) is 16.1. The van der Waals surface area contributed by atoms with E-state index in [1.807, 2.05) is 6.92 Å². The molecule has 184 valence electrons. The highest BCUT2D eigenvalue weighted by atomic mass is 32.2. The third-order valence-electron chi connectivity index (χ3n) is 5.16. The van der Waals surface area contributed by atoms with Crippen LogP contribution in [-0.4, -0.2) is 54.8 Å². The molecule has 35 heavy (non-hydrogen) atoms. The maximum absolute atomic E-state index is 13.2. The average Bonchev–Trinajstić information content (AvgIpc) is 3.10. The number of sulfonamides is 1. The van der Waals surface area contributed by atoms with Crippen molar-refractivity contribution < 1.29 is 37.4 Å². The van der Waals surface area contributed by atoms with Crippen LogP contribution in [0.1, 0.15) is 18.9 Å². The maximum Gasteiger partial charge on any atom is 0.328 e. The van der Waals surface area contributed by atoms with E-state index in [-0.39, 0.29) is 17.9 Å². The van der Waals surface area contributed by atoms with Gasteiger partial charge in [-0.15, -0.1) is 0 Å². The summed E-state index contributed by atoms with van der Waals surface area (Å²) in [6, 6.07) is 10.4. The fraction of sp³-hybridized carbons (Fsp3) is 0.217. The number of carbonyl (C=O) groups excluding carboxylic acids is 3. The number of carboxylic acids is 1. The van der Waals surface area contributed by atoms with Gasteiger partial charge in [0.25, 0.3) is 5.91 Å². The fourth-order valence-corrected chi connectivity index (χ4v) is 4.07. The number of primary sulfonamides is 1. The van der Waals surface area contributed by atoms with Crippen LogP contribution in [0.5, 0.6) is 5.75 Å². The van der Waals surface area contributed by atoms with Crippen molar-refractivity contribution in [1.82, 2.24) is 4.90 Å². The van der Waals surface area contributed by atoms with E-state index < -0.39 is 39.8 Å². The number of nitrogens with two attached hydrogens (primary N) is 1. The lowest BCUT2D eigenvalue weighted by Crippen LogP contribution is -2.44. The Bertz CT molecular complexity index is 1270. The van der Waals surface area contributed by atoms with Gasteiger partial charge in [0.1, 0.15) is 11.8 Å². The molecular weight excluding hydrogens is 478 g/mol. The van der Waals surface area contributed by atoms with Crippen LogP contribution in [0.2, 0.25) is 0 Å². The standard InChI is InChI=1S/C23H23N3O8S/c1-2-34-17-7-5-16(6-8-17)26-21(28)13-19(23(26)31)25(20(27)11-12-22(29)30)14-15-3-9-18(10-4-15)35(24,32)33/h3-12,19H,2,13-14H2,1H3,(H,29,30)(H2,24,32,33). The maximum atomic E-state index is 13.2. The Kier molecular flexibility index (Phi) is 7.67. The average molecular weight is 502 g/mol. The van der Waals surface area contributed by atoms with E-state index in [0.717, 1.165) is 15.9 Å². The third kappa shape index (κ3) is 6.11. The number of carbonyl (C=O) groups is 4. The number of amides is 3. The molecular formula is C23H23N3O8S. The van der Waals surface area contributed by atoms with Gasteiger partial charge in [0.2, 0.25) is 21.8 Å². The van der Waals surface area contributed by atoms with Gasteiger partial charge in [-0.3, -0.25) is 14.4 Å². The number of anilines is 1. The SMILES string of the molecule is CCOc1ccc(N2C(=O)CC(N(Cc3ccc(S(N)(=O)=O)cc3)C(=O)C=CC(=O)O)C2=O)cc1. The van der Waals surface area contributed by atoms with E-state index >= 15 is 0 Å². The molecule has 1 fully saturated rings. The number of rotatable bonds is 9. The van der Waals surface area contributed by atoms with Crippen molar-refractivity contribution in [1.29, 1.82) is 0 Å². The lowest BCUT2D eigenvalue weighted by atomic mass is 10.1. The lowest BCUT2D eigenvalue weighted by Gasteiger charge is -2.27. The number of imide groups is 1. The van der Waals surface area contributed by atoms with E-state index in [1.165, 1.54) is 24.3 Å². The lowest BCUT2D eigenvalue weighted by molar-refractivity contribution is -0.135. The smallest absolute Gasteiger partial charge is 0.328 e. The second-order valence-electron chi connectivity index (χ2n) is 7.54. The fourth-order valence-electron chi connectivity index (χ4n) is 3.55. The van der Waals surface area contributed by atoms with Crippen LogP contribution < -0.4 is 14.8 Å². The topological polar surface area (TPSA) is 164 Å².